The van der Waals surface area contributed by atoms with E-state index >= 15 is 0 Å². The minimum absolute atomic E-state index is 0.0612. The SMILES string of the molecule is CCCCCCCCCCCCCCCCCCCCC(=O)O[C@@H](COC(=O)CCCCCCCCCCCCCCCC)COC(=O)CCCCCCCCCCCCCCCCCCC(C)C. The number of carbonyl (C=O) groups is 3. The molecular weight excluding hydrogens is 853 g/mol. The molecule has 0 fully saturated rings. The van der Waals surface area contributed by atoms with E-state index in [9.17, 15) is 14.4 Å². The molecule has 0 amide bonds. The summed E-state index contributed by atoms with van der Waals surface area (Å²) in [5, 5.41) is 0. The summed E-state index contributed by atoms with van der Waals surface area (Å²) in [6.45, 7) is 9.09. The number of carbonyl (C=O) groups excluding carboxylic acids is 3. The summed E-state index contributed by atoms with van der Waals surface area (Å²) in [5.41, 5.74) is 0. The molecule has 0 unspecified atom stereocenters. The third kappa shape index (κ3) is 57.2. The Morgan fingerprint density at radius 2 is 0.478 bits per heavy atom. The molecule has 69 heavy (non-hydrogen) atoms. The van der Waals surface area contributed by atoms with Crippen LogP contribution >= 0.6 is 0 Å². The number of rotatable bonds is 58. The highest BCUT2D eigenvalue weighted by Crippen LogP contribution is 2.19. The number of hydrogen-bond acceptors (Lipinski definition) is 6. The molecule has 0 heterocycles. The molecule has 0 radical (unpaired) electrons. The lowest BCUT2D eigenvalue weighted by Crippen LogP contribution is -2.30. The van der Waals surface area contributed by atoms with Gasteiger partial charge in [-0.2, -0.15) is 0 Å². The molecule has 0 saturated carbocycles. The van der Waals surface area contributed by atoms with Crippen molar-refractivity contribution in [1.29, 1.82) is 0 Å². The fourth-order valence-corrected chi connectivity index (χ4v) is 9.81. The van der Waals surface area contributed by atoms with E-state index in [2.05, 4.69) is 27.7 Å². The van der Waals surface area contributed by atoms with E-state index in [-0.39, 0.29) is 31.1 Å². The first-order valence-electron chi connectivity index (χ1n) is 31.4. The third-order valence-corrected chi connectivity index (χ3v) is 14.5. The number of unbranched alkanes of at least 4 members (excludes halogenated alkanes) is 45. The zero-order chi connectivity index (χ0) is 50.2. The van der Waals surface area contributed by atoms with Gasteiger partial charge in [-0.1, -0.05) is 323 Å². The summed E-state index contributed by atoms with van der Waals surface area (Å²) >= 11 is 0. The van der Waals surface area contributed by atoms with Crippen molar-refractivity contribution in [3.8, 4) is 0 Å². The predicted molar refractivity (Wildman–Crippen MR) is 298 cm³/mol. The van der Waals surface area contributed by atoms with Gasteiger partial charge in [0.05, 0.1) is 0 Å². The average Bonchev–Trinajstić information content (AvgIpc) is 3.34. The minimum Gasteiger partial charge on any atom is -0.462 e. The van der Waals surface area contributed by atoms with Gasteiger partial charge in [0, 0.05) is 19.3 Å². The molecule has 0 aliphatic rings. The first-order chi connectivity index (χ1) is 33.9. The highest BCUT2D eigenvalue weighted by molar-refractivity contribution is 5.71. The number of ether oxygens (including phenoxy) is 3. The molecule has 0 rings (SSSR count). The monoisotopic (exact) mass is 975 g/mol. The van der Waals surface area contributed by atoms with Crippen LogP contribution in [0.15, 0.2) is 0 Å². The maximum atomic E-state index is 12.9. The number of esters is 3. The van der Waals surface area contributed by atoms with Crippen molar-refractivity contribution < 1.29 is 28.6 Å². The molecule has 410 valence electrons. The Morgan fingerprint density at radius 1 is 0.275 bits per heavy atom. The van der Waals surface area contributed by atoms with Crippen LogP contribution in [0.4, 0.5) is 0 Å². The van der Waals surface area contributed by atoms with Gasteiger partial charge in [0.25, 0.3) is 0 Å². The molecule has 0 N–H and O–H groups in total. The maximum Gasteiger partial charge on any atom is 0.306 e. The van der Waals surface area contributed by atoms with Crippen LogP contribution in [0.25, 0.3) is 0 Å². The van der Waals surface area contributed by atoms with Crippen LogP contribution in [-0.2, 0) is 28.6 Å². The van der Waals surface area contributed by atoms with Crippen molar-refractivity contribution in [2.75, 3.05) is 13.2 Å². The van der Waals surface area contributed by atoms with E-state index in [1.807, 2.05) is 0 Å². The van der Waals surface area contributed by atoms with Gasteiger partial charge in [0.2, 0.25) is 0 Å². The summed E-state index contributed by atoms with van der Waals surface area (Å²) in [4.78, 5) is 38.3. The Hall–Kier alpha value is -1.59. The van der Waals surface area contributed by atoms with Gasteiger partial charge in [-0.05, 0) is 25.2 Å². The van der Waals surface area contributed by atoms with Crippen LogP contribution in [0.3, 0.4) is 0 Å². The minimum atomic E-state index is -0.762. The Labute approximate surface area is 431 Å². The topological polar surface area (TPSA) is 78.9 Å². The summed E-state index contributed by atoms with van der Waals surface area (Å²) in [6, 6.07) is 0. The second kappa shape index (κ2) is 57.3. The van der Waals surface area contributed by atoms with Crippen molar-refractivity contribution in [3.63, 3.8) is 0 Å². The molecule has 0 aromatic rings. The molecule has 0 aliphatic carbocycles. The normalized spacial score (nSPS) is 12.0. The molecule has 0 aromatic heterocycles. The van der Waals surface area contributed by atoms with Gasteiger partial charge in [-0.15, -0.1) is 0 Å². The fourth-order valence-electron chi connectivity index (χ4n) is 9.81. The molecule has 0 aliphatic heterocycles. The second-order valence-corrected chi connectivity index (χ2v) is 22.2. The van der Waals surface area contributed by atoms with Crippen LogP contribution in [0, 0.1) is 5.92 Å². The Bertz CT molecular complexity index is 1040. The van der Waals surface area contributed by atoms with Crippen molar-refractivity contribution in [2.24, 2.45) is 5.92 Å². The van der Waals surface area contributed by atoms with Crippen molar-refractivity contribution in [1.82, 2.24) is 0 Å². The van der Waals surface area contributed by atoms with E-state index in [1.165, 1.54) is 257 Å². The van der Waals surface area contributed by atoms with Crippen molar-refractivity contribution >= 4 is 17.9 Å². The Morgan fingerprint density at radius 3 is 0.710 bits per heavy atom. The largest absolute Gasteiger partial charge is 0.462 e. The zero-order valence-corrected chi connectivity index (χ0v) is 47.3. The molecule has 0 spiro atoms. The van der Waals surface area contributed by atoms with Crippen LogP contribution in [0.2, 0.25) is 0 Å². The Kier molecular flexibility index (Phi) is 56.0. The Balaban J connectivity index is 4.27. The van der Waals surface area contributed by atoms with Gasteiger partial charge in [0.1, 0.15) is 13.2 Å². The summed E-state index contributed by atoms with van der Waals surface area (Å²) in [7, 11) is 0. The lowest BCUT2D eigenvalue weighted by molar-refractivity contribution is -0.167. The molecule has 0 aromatic carbocycles. The van der Waals surface area contributed by atoms with Crippen LogP contribution in [0.5, 0.6) is 0 Å². The molecule has 6 heteroatoms. The van der Waals surface area contributed by atoms with Gasteiger partial charge in [-0.25, -0.2) is 0 Å². The van der Waals surface area contributed by atoms with E-state index in [0.717, 1.165) is 63.7 Å². The molecular formula is C63H122O6. The average molecular weight is 976 g/mol. The predicted octanol–water partition coefficient (Wildman–Crippen LogP) is 21.0. The quantitative estimate of drug-likeness (QED) is 0.0343. The fraction of sp³-hybridized carbons (Fsp3) is 0.952. The van der Waals surface area contributed by atoms with E-state index in [1.54, 1.807) is 0 Å². The van der Waals surface area contributed by atoms with Crippen molar-refractivity contribution in [3.05, 3.63) is 0 Å². The molecule has 1 atom stereocenters. The molecule has 0 saturated heterocycles. The number of hydrogen-bond donors (Lipinski definition) is 0. The summed E-state index contributed by atoms with van der Waals surface area (Å²) in [5.74, 6) is 0.0244. The lowest BCUT2D eigenvalue weighted by atomic mass is 10.0. The van der Waals surface area contributed by atoms with Gasteiger partial charge < -0.3 is 14.2 Å². The van der Waals surface area contributed by atoms with E-state index in [4.69, 9.17) is 14.2 Å². The smallest absolute Gasteiger partial charge is 0.306 e. The highest BCUT2D eigenvalue weighted by atomic mass is 16.6. The third-order valence-electron chi connectivity index (χ3n) is 14.5. The van der Waals surface area contributed by atoms with Crippen LogP contribution < -0.4 is 0 Å². The maximum absolute atomic E-state index is 12.9. The van der Waals surface area contributed by atoms with Crippen molar-refractivity contribution in [2.45, 2.75) is 368 Å². The first-order valence-corrected chi connectivity index (χ1v) is 31.4. The summed E-state index contributed by atoms with van der Waals surface area (Å²) < 4.78 is 16.9. The van der Waals surface area contributed by atoms with Gasteiger partial charge in [-0.3, -0.25) is 14.4 Å². The molecule has 0 bridgehead atoms. The zero-order valence-electron chi connectivity index (χ0n) is 47.3. The highest BCUT2D eigenvalue weighted by Gasteiger charge is 2.19. The van der Waals surface area contributed by atoms with Gasteiger partial charge in [0.15, 0.2) is 6.10 Å². The summed E-state index contributed by atoms with van der Waals surface area (Å²) in [6.07, 6.45) is 63.8. The molecule has 6 nitrogen and oxygen atoms in total. The standard InChI is InChI=1S/C63H122O6/c1-5-7-9-11-13-15-17-19-21-22-23-28-32-36-40-44-48-52-56-63(66)69-60(57-67-61(64)54-50-46-42-38-34-30-20-18-16-14-12-10-8-6-2)58-68-62(65)55-51-47-43-39-35-31-27-25-24-26-29-33-37-41-45-49-53-59(3)4/h59-60H,5-58H2,1-4H3/t60-/m0/s1. The van der Waals surface area contributed by atoms with Gasteiger partial charge >= 0.3 is 17.9 Å². The van der Waals surface area contributed by atoms with E-state index < -0.39 is 6.10 Å². The lowest BCUT2D eigenvalue weighted by Gasteiger charge is -2.18. The first kappa shape index (κ1) is 67.4. The van der Waals surface area contributed by atoms with Crippen LogP contribution in [-0.4, -0.2) is 37.2 Å². The van der Waals surface area contributed by atoms with E-state index in [0.29, 0.717) is 19.3 Å². The second-order valence-electron chi connectivity index (χ2n) is 22.2. The van der Waals surface area contributed by atoms with Crippen LogP contribution in [0.1, 0.15) is 362 Å².